The number of aliphatic hydroxyl groups excluding tert-OH is 1. The van der Waals surface area contributed by atoms with E-state index >= 15 is 0 Å². The maximum absolute atomic E-state index is 8.40. The first-order valence-corrected chi connectivity index (χ1v) is 19.8. The fourth-order valence-corrected chi connectivity index (χ4v) is 7.51. The van der Waals surface area contributed by atoms with E-state index in [4.69, 9.17) is 29.8 Å². The number of carbonyl (C=O) groups excluding carboxylic acids is 1. The third-order valence-corrected chi connectivity index (χ3v) is 10.8. The minimum absolute atomic E-state index is 0. The second-order valence-corrected chi connectivity index (χ2v) is 17.8. The van der Waals surface area contributed by atoms with Crippen molar-refractivity contribution in [2.75, 3.05) is 0 Å². The number of nitrogens with zero attached hydrogens (tertiary/aromatic N) is 4. The van der Waals surface area contributed by atoms with Crippen molar-refractivity contribution in [3.63, 3.8) is 0 Å². The van der Waals surface area contributed by atoms with Crippen molar-refractivity contribution >= 4 is 16.7 Å². The van der Waals surface area contributed by atoms with Gasteiger partial charge >= 0.3 is 5.78 Å². The zero-order valence-electron chi connectivity index (χ0n) is 35.6. The van der Waals surface area contributed by atoms with Crippen molar-refractivity contribution in [1.29, 1.82) is 0 Å². The summed E-state index contributed by atoms with van der Waals surface area (Å²) in [6, 6.07) is 44.3. The summed E-state index contributed by atoms with van der Waals surface area (Å²) in [6.45, 7) is 21.0. The van der Waals surface area contributed by atoms with E-state index in [1.807, 2.05) is 0 Å². The van der Waals surface area contributed by atoms with E-state index < -0.39 is 0 Å². The van der Waals surface area contributed by atoms with Gasteiger partial charge in [-0.25, -0.2) is 15.0 Å². The molecule has 59 heavy (non-hydrogen) atoms. The number of hydrogen-bond donors (Lipinski definition) is 1. The van der Waals surface area contributed by atoms with Gasteiger partial charge in [-0.05, 0) is 69.1 Å². The van der Waals surface area contributed by atoms with E-state index in [9.17, 15) is 0 Å². The average molecular weight is 957 g/mol. The number of ketones is 1. The van der Waals surface area contributed by atoms with Gasteiger partial charge in [0.25, 0.3) is 0 Å². The molecular weight excluding hydrogens is 905 g/mol. The van der Waals surface area contributed by atoms with Gasteiger partial charge in [0.15, 0.2) is 17.5 Å². The molecule has 2 heterocycles. The number of fused-ring (bicyclic) bond motifs is 4. The summed E-state index contributed by atoms with van der Waals surface area (Å²) in [4.78, 5) is 28.6. The molecule has 1 aliphatic rings. The summed E-state index contributed by atoms with van der Waals surface area (Å²) in [5.41, 5.74) is 13.5. The molecule has 0 saturated heterocycles. The van der Waals surface area contributed by atoms with Crippen LogP contribution in [-0.4, -0.2) is 35.6 Å². The van der Waals surface area contributed by atoms with Crippen molar-refractivity contribution in [2.24, 2.45) is 0 Å². The zero-order valence-corrected chi connectivity index (χ0v) is 38.0. The van der Waals surface area contributed by atoms with E-state index in [0.717, 1.165) is 38.9 Å². The molecule has 301 valence electrons. The van der Waals surface area contributed by atoms with Gasteiger partial charge in [0, 0.05) is 36.8 Å². The molecule has 1 aliphatic carbocycles. The maximum Gasteiger partial charge on any atom is 0.316 e. The Bertz CT molecular complexity index is 2620. The topological polar surface area (TPSA) is 93.2 Å². The van der Waals surface area contributed by atoms with Crippen LogP contribution in [0.4, 0.5) is 0 Å². The van der Waals surface area contributed by atoms with Gasteiger partial charge < -0.3 is 5.11 Å². The molecule has 7 heteroatoms. The Kier molecular flexibility index (Phi) is 12.1. The molecule has 5 aromatic carbocycles. The number of pyridine rings is 1. The molecule has 0 atom stereocenters. The average Bonchev–Trinajstić information content (AvgIpc) is 3.42. The first-order valence-electron chi connectivity index (χ1n) is 19.8. The summed E-state index contributed by atoms with van der Waals surface area (Å²) in [5.74, 6) is 2.19. The van der Waals surface area contributed by atoms with Gasteiger partial charge in [-0.2, -0.15) is 0 Å². The van der Waals surface area contributed by atoms with Crippen molar-refractivity contribution in [2.45, 2.75) is 85.5 Å². The van der Waals surface area contributed by atoms with Crippen LogP contribution in [0.1, 0.15) is 91.5 Å². The fraction of sp³-hybridized carbons (Fsp3) is 0.250. The minimum Gasteiger partial charge on any atom is -0.512 e. The Hall–Kier alpha value is -5.62. The molecule has 7 aromatic rings. The second-order valence-electron chi connectivity index (χ2n) is 17.8. The molecule has 2 aromatic heterocycles. The van der Waals surface area contributed by atoms with Crippen LogP contribution >= 0.6 is 0 Å². The Labute approximate surface area is 362 Å². The molecule has 0 amide bonds. The second kappa shape index (κ2) is 16.6. The number of benzene rings is 5. The van der Waals surface area contributed by atoms with Crippen LogP contribution in [0.15, 0.2) is 127 Å². The van der Waals surface area contributed by atoms with Gasteiger partial charge in [-0.1, -0.05) is 151 Å². The molecule has 8 rings (SSSR count). The summed E-state index contributed by atoms with van der Waals surface area (Å²) in [5, 5.41) is 9.43. The van der Waals surface area contributed by atoms with E-state index in [-0.39, 0.29) is 47.9 Å². The van der Waals surface area contributed by atoms with E-state index in [1.54, 1.807) is 0 Å². The molecule has 0 saturated carbocycles. The number of aromatic nitrogens is 4. The molecular formula is C52H52IrN4O2. The van der Waals surface area contributed by atoms with Crippen molar-refractivity contribution in [1.82, 2.24) is 19.9 Å². The normalized spacial score (nSPS) is 13.2. The van der Waals surface area contributed by atoms with E-state index in [0.29, 0.717) is 17.5 Å². The van der Waals surface area contributed by atoms with Gasteiger partial charge in [0.05, 0.1) is 24.3 Å². The van der Waals surface area contributed by atoms with Crippen LogP contribution < -0.4 is 0 Å². The Balaban J connectivity index is 0.000000673. The molecule has 2 N–H and O–H groups in total. The van der Waals surface area contributed by atoms with Crippen LogP contribution in [-0.2, 0) is 36.4 Å². The summed E-state index contributed by atoms with van der Waals surface area (Å²) >= 11 is 0. The third kappa shape index (κ3) is 9.17. The van der Waals surface area contributed by atoms with Crippen molar-refractivity contribution < 1.29 is 30.0 Å². The molecule has 0 fully saturated rings. The summed E-state index contributed by atoms with van der Waals surface area (Å²) < 4.78 is 0. The third-order valence-electron chi connectivity index (χ3n) is 10.8. The van der Waals surface area contributed by atoms with Gasteiger partial charge in [0.1, 0.15) is 0 Å². The molecule has 1 radical (unpaired) electrons. The van der Waals surface area contributed by atoms with Gasteiger partial charge in [-0.3, -0.25) is 9.78 Å². The first kappa shape index (κ1) is 43.0. The number of aliphatic hydroxyl groups is 1. The number of hydrogen-bond acceptors (Lipinski definition) is 5. The monoisotopic (exact) mass is 957 g/mol. The zero-order chi connectivity index (χ0) is 41.6. The Morgan fingerprint density at radius 3 is 1.66 bits per heavy atom. The van der Waals surface area contributed by atoms with Gasteiger partial charge in [-0.15, -0.1) is 29.3 Å². The summed E-state index contributed by atoms with van der Waals surface area (Å²) in [6.07, 6.45) is 1.28. The van der Waals surface area contributed by atoms with E-state index in [2.05, 4.69) is 177 Å². The van der Waals surface area contributed by atoms with E-state index in [1.165, 1.54) is 53.3 Å². The maximum atomic E-state index is 8.40. The number of allylic oxidation sites excluding steroid dienone is 2. The van der Waals surface area contributed by atoms with Crippen LogP contribution in [0.3, 0.4) is 0 Å². The van der Waals surface area contributed by atoms with Gasteiger partial charge in [0.2, 0.25) is 0 Å². The van der Waals surface area contributed by atoms with Crippen LogP contribution in [0.25, 0.3) is 67.5 Å². The predicted octanol–water partition coefficient (Wildman–Crippen LogP) is 12.8. The van der Waals surface area contributed by atoms with Crippen molar-refractivity contribution in [3.8, 4) is 56.5 Å². The van der Waals surface area contributed by atoms with Crippen LogP contribution in [0, 0.1) is 6.07 Å². The molecule has 0 aliphatic heterocycles. The predicted molar refractivity (Wildman–Crippen MR) is 240 cm³/mol. The minimum atomic E-state index is -0.0764. The molecule has 6 nitrogen and oxygen atoms in total. The molecule has 0 spiro atoms. The smallest absolute Gasteiger partial charge is 0.316 e. The quantitative estimate of drug-likeness (QED) is 0.0803. The van der Waals surface area contributed by atoms with Crippen LogP contribution in [0.5, 0.6) is 0 Å². The van der Waals surface area contributed by atoms with Crippen molar-refractivity contribution in [3.05, 3.63) is 155 Å². The Morgan fingerprint density at radius 2 is 1.15 bits per heavy atom. The fourth-order valence-electron chi connectivity index (χ4n) is 7.51. The standard InChI is InChI=1S/C47H43N4.C5H8O2.Ir/c1-45(2,3)34-20-13-29(14-21-34)42-49-43(30-15-22-35(23-16-30)46(4,5)6)51-44(50-42)33-19-26-40-31(27-33)18-25-41(48-40)32-17-24-37-36-11-9-10-12-38(36)47(7,8)39(37)28-32;1-4(6)3-5(2)7;/h9-16,18-28H,1-8H3;3,6H,1-2H3;/q-1;;/p+1/b;4-3-;. The Morgan fingerprint density at radius 1 is 0.627 bits per heavy atom. The summed E-state index contributed by atoms with van der Waals surface area (Å²) in [7, 11) is 0. The SMILES string of the molecule is CC(=[OH+])/C=C(/C)O.CC(C)(C)c1ccc(-c2nc(-c3ccc(C(C)(C)C)cc3)nc(-c3ccc4nc(-c5[c-]cc6c(c5)C(C)(C)c5ccccc5-6)ccc4c3)n2)cc1.[Ir]. The molecule has 0 bridgehead atoms. The molecule has 0 unspecified atom stereocenters. The largest absolute Gasteiger partial charge is 0.512 e. The number of rotatable bonds is 5. The first-order chi connectivity index (χ1) is 27.4. The van der Waals surface area contributed by atoms with Crippen LogP contribution in [0.2, 0.25) is 0 Å².